The average Bonchev–Trinajstić information content (AvgIpc) is 2.88. The molecule has 3 fully saturated rings. The topological polar surface area (TPSA) is 110 Å². The number of aliphatic hydroxyl groups is 2. The van der Waals surface area contributed by atoms with Crippen LogP contribution in [0.4, 0.5) is 0 Å². The maximum absolute atomic E-state index is 13.8. The van der Waals surface area contributed by atoms with Gasteiger partial charge in [-0.25, -0.2) is 4.79 Å². The first-order valence-corrected chi connectivity index (χ1v) is 11.1. The van der Waals surface area contributed by atoms with E-state index < -0.39 is 62.8 Å². The maximum atomic E-state index is 13.8. The highest BCUT2D eigenvalue weighted by molar-refractivity contribution is 6.10. The van der Waals surface area contributed by atoms with Crippen molar-refractivity contribution in [2.24, 2.45) is 22.2 Å². The molecule has 32 heavy (non-hydrogen) atoms. The number of carbonyl (C=O) groups excluding carboxylic acids is 3. The summed E-state index contributed by atoms with van der Waals surface area (Å²) in [5, 5.41) is 24.0. The van der Waals surface area contributed by atoms with E-state index >= 15 is 0 Å². The minimum atomic E-state index is -2.08. The Morgan fingerprint density at radius 1 is 1.06 bits per heavy atom. The highest BCUT2D eigenvalue weighted by Gasteiger charge is 2.88. The lowest BCUT2D eigenvalue weighted by Gasteiger charge is -2.58. The van der Waals surface area contributed by atoms with Gasteiger partial charge in [-0.2, -0.15) is 0 Å². The second-order valence-electron chi connectivity index (χ2n) is 11.3. The van der Waals surface area contributed by atoms with Gasteiger partial charge in [-0.15, -0.1) is 0 Å². The van der Waals surface area contributed by atoms with Crippen LogP contribution in [0, 0.1) is 22.2 Å². The molecule has 2 N–H and O–H groups in total. The number of allylic oxidation sites excluding steroid dienone is 1. The summed E-state index contributed by atoms with van der Waals surface area (Å²) >= 11 is 0. The van der Waals surface area contributed by atoms with E-state index in [0.29, 0.717) is 16.7 Å². The summed E-state index contributed by atoms with van der Waals surface area (Å²) in [6.45, 7) is 14.4. The zero-order chi connectivity index (χ0) is 23.9. The molecule has 0 amide bonds. The van der Waals surface area contributed by atoms with Crippen LogP contribution >= 0.6 is 0 Å². The minimum absolute atomic E-state index is 0.187. The molecule has 0 aromatic rings. The van der Waals surface area contributed by atoms with Gasteiger partial charge in [0.15, 0.2) is 11.4 Å². The maximum Gasteiger partial charge on any atom is 0.332 e. The van der Waals surface area contributed by atoms with Crippen molar-refractivity contribution < 1.29 is 34.1 Å². The number of carbonyl (C=O) groups is 3. The summed E-state index contributed by atoms with van der Waals surface area (Å²) in [5.74, 6) is -2.37. The molecule has 0 aromatic carbocycles. The van der Waals surface area contributed by atoms with Crippen molar-refractivity contribution in [3.63, 3.8) is 0 Å². The standard InChI is InChI=1S/C25H30O7/c1-12-21(5)11-16-22(6,24(12)19(28)31-13(2)25(24,30)18(21)27)9-8-14-15(23(16,7)29)10-17(26)32-20(14,3)4/h8,10,13,16,29-30H,1,9,11H2,2-7H3. The Morgan fingerprint density at radius 2 is 1.69 bits per heavy atom. The van der Waals surface area contributed by atoms with Crippen molar-refractivity contribution in [3.8, 4) is 0 Å². The van der Waals surface area contributed by atoms with Crippen molar-refractivity contribution in [3.05, 3.63) is 35.5 Å². The highest BCUT2D eigenvalue weighted by atomic mass is 16.6. The molecule has 2 bridgehead atoms. The molecule has 2 saturated carbocycles. The summed E-state index contributed by atoms with van der Waals surface area (Å²) in [6, 6.07) is 0. The van der Waals surface area contributed by atoms with Crippen LogP contribution in [0.25, 0.3) is 0 Å². The van der Waals surface area contributed by atoms with E-state index in [1.165, 1.54) is 13.0 Å². The van der Waals surface area contributed by atoms with Gasteiger partial charge in [0.2, 0.25) is 0 Å². The van der Waals surface area contributed by atoms with Crippen molar-refractivity contribution in [1.82, 2.24) is 0 Å². The third-order valence-electron chi connectivity index (χ3n) is 9.47. The summed E-state index contributed by atoms with van der Waals surface area (Å²) in [6.07, 6.45) is 2.58. The van der Waals surface area contributed by atoms with Crippen molar-refractivity contribution in [2.75, 3.05) is 0 Å². The summed E-state index contributed by atoms with van der Waals surface area (Å²) in [4.78, 5) is 39.7. The number of esters is 2. The van der Waals surface area contributed by atoms with E-state index in [1.54, 1.807) is 27.7 Å². The zero-order valence-electron chi connectivity index (χ0n) is 19.4. The smallest absolute Gasteiger partial charge is 0.332 e. The Kier molecular flexibility index (Phi) is 3.68. The molecule has 1 saturated heterocycles. The fraction of sp³-hybridized carbons (Fsp3) is 0.640. The number of ketones is 1. The Morgan fingerprint density at radius 3 is 2.31 bits per heavy atom. The van der Waals surface area contributed by atoms with E-state index in [1.807, 2.05) is 13.0 Å². The molecule has 0 aromatic heterocycles. The Hall–Kier alpha value is -2.25. The van der Waals surface area contributed by atoms with Crippen molar-refractivity contribution in [1.29, 1.82) is 0 Å². The van der Waals surface area contributed by atoms with Gasteiger partial charge in [-0.1, -0.05) is 19.6 Å². The van der Waals surface area contributed by atoms with Crippen LogP contribution in [0.2, 0.25) is 0 Å². The van der Waals surface area contributed by atoms with E-state index in [-0.39, 0.29) is 12.8 Å². The lowest BCUT2D eigenvalue weighted by molar-refractivity contribution is -0.172. The number of hydrogen-bond acceptors (Lipinski definition) is 7. The monoisotopic (exact) mass is 442 g/mol. The molecule has 172 valence electrons. The molecule has 2 heterocycles. The van der Waals surface area contributed by atoms with Crippen LogP contribution in [0.1, 0.15) is 54.4 Å². The Balaban J connectivity index is 1.86. The molecule has 7 atom stereocenters. The number of hydrogen-bond donors (Lipinski definition) is 2. The average molecular weight is 443 g/mol. The van der Waals surface area contributed by atoms with E-state index in [9.17, 15) is 24.6 Å². The van der Waals surface area contributed by atoms with Gasteiger partial charge < -0.3 is 19.7 Å². The van der Waals surface area contributed by atoms with E-state index in [4.69, 9.17) is 9.47 Å². The first kappa shape index (κ1) is 21.6. The minimum Gasteiger partial charge on any atom is -0.458 e. The summed E-state index contributed by atoms with van der Waals surface area (Å²) < 4.78 is 11.1. The third kappa shape index (κ3) is 1.84. The quantitative estimate of drug-likeness (QED) is 0.437. The molecule has 7 nitrogen and oxygen atoms in total. The number of cyclic esters (lactones) is 2. The number of fused-ring (bicyclic) bond motifs is 3. The molecule has 5 rings (SSSR count). The van der Waals surface area contributed by atoms with Crippen LogP contribution in [-0.2, 0) is 23.9 Å². The molecule has 0 radical (unpaired) electrons. The first-order chi connectivity index (χ1) is 14.5. The second kappa shape index (κ2) is 5.45. The number of Topliss-reactive ketones (excluding diaryl/α,β-unsaturated/α-hetero) is 1. The molecule has 1 spiro atoms. The fourth-order valence-electron chi connectivity index (χ4n) is 7.84. The Labute approximate surface area is 187 Å². The molecule has 7 unspecified atom stereocenters. The second-order valence-corrected chi connectivity index (χ2v) is 11.3. The first-order valence-electron chi connectivity index (χ1n) is 11.1. The van der Waals surface area contributed by atoms with Crippen LogP contribution in [0.15, 0.2) is 35.5 Å². The molecule has 7 heteroatoms. The van der Waals surface area contributed by atoms with Crippen molar-refractivity contribution >= 4 is 17.7 Å². The lowest BCUT2D eigenvalue weighted by atomic mass is 9.43. The van der Waals surface area contributed by atoms with Crippen LogP contribution in [0.5, 0.6) is 0 Å². The predicted molar refractivity (Wildman–Crippen MR) is 113 cm³/mol. The van der Waals surface area contributed by atoms with Crippen LogP contribution in [-0.4, -0.2) is 50.8 Å². The Bertz CT molecular complexity index is 1090. The number of rotatable bonds is 0. The summed E-state index contributed by atoms with van der Waals surface area (Å²) in [7, 11) is 0. The molecule has 5 aliphatic rings. The van der Waals surface area contributed by atoms with Gasteiger partial charge in [0.1, 0.15) is 17.1 Å². The number of ether oxygens (including phenoxy) is 2. The van der Waals surface area contributed by atoms with Gasteiger partial charge >= 0.3 is 11.9 Å². The lowest BCUT2D eigenvalue weighted by Crippen LogP contribution is -2.64. The normalized spacial score (nSPS) is 51.0. The third-order valence-corrected chi connectivity index (χ3v) is 9.47. The van der Waals surface area contributed by atoms with Crippen molar-refractivity contribution in [2.45, 2.75) is 77.3 Å². The van der Waals surface area contributed by atoms with Gasteiger partial charge in [0.05, 0.1) is 11.0 Å². The van der Waals surface area contributed by atoms with E-state index in [2.05, 4.69) is 6.58 Å². The van der Waals surface area contributed by atoms with Gasteiger partial charge in [-0.3, -0.25) is 9.59 Å². The zero-order valence-corrected chi connectivity index (χ0v) is 19.4. The summed E-state index contributed by atoms with van der Waals surface area (Å²) in [5.41, 5.74) is -7.25. The predicted octanol–water partition coefficient (Wildman–Crippen LogP) is 2.16. The molecule has 2 aliphatic heterocycles. The molecular formula is C25H30O7. The van der Waals surface area contributed by atoms with E-state index in [0.717, 1.165) is 0 Å². The van der Waals surface area contributed by atoms with Gasteiger partial charge in [0, 0.05) is 17.4 Å². The largest absolute Gasteiger partial charge is 0.458 e. The van der Waals surface area contributed by atoms with Crippen LogP contribution < -0.4 is 0 Å². The molecule has 3 aliphatic carbocycles. The molecular weight excluding hydrogens is 412 g/mol. The van der Waals surface area contributed by atoms with Gasteiger partial charge in [0.25, 0.3) is 0 Å². The van der Waals surface area contributed by atoms with Crippen LogP contribution in [0.3, 0.4) is 0 Å². The SMILES string of the molecule is C=C1C2(C)CC3C(C)(O)C4=CC(=O)OC(C)(C)C4=CCC3(C)C13C(=O)OC(C)C3(O)C2=O. The highest BCUT2D eigenvalue weighted by Crippen LogP contribution is 2.78. The fourth-order valence-corrected chi connectivity index (χ4v) is 7.84. The van der Waals surface area contributed by atoms with Gasteiger partial charge in [-0.05, 0) is 64.2 Å².